The topological polar surface area (TPSA) is 21.3 Å². The van der Waals surface area contributed by atoms with Crippen LogP contribution in [-0.2, 0) is 17.9 Å². The third-order valence-electron chi connectivity index (χ3n) is 3.46. The van der Waals surface area contributed by atoms with Gasteiger partial charge in [-0.15, -0.1) is 0 Å². The van der Waals surface area contributed by atoms with E-state index in [0.717, 1.165) is 12.5 Å². The smallest absolute Gasteiger partial charge is 0.0713 e. The summed E-state index contributed by atoms with van der Waals surface area (Å²) in [6, 6.07) is 9.18. The minimum Gasteiger partial charge on any atom is -0.380 e. The molecule has 1 N–H and O–H groups in total. The van der Waals surface area contributed by atoms with Crippen molar-refractivity contribution in [2.45, 2.75) is 46.4 Å². The third kappa shape index (κ3) is 4.88. The average molecular weight is 235 g/mol. The van der Waals surface area contributed by atoms with Gasteiger partial charge in [0.05, 0.1) is 6.61 Å². The summed E-state index contributed by atoms with van der Waals surface area (Å²) in [6.45, 7) is 8.42. The molecule has 0 aliphatic heterocycles. The predicted molar refractivity (Wildman–Crippen MR) is 72.9 cm³/mol. The van der Waals surface area contributed by atoms with Crippen LogP contribution in [0.3, 0.4) is 0 Å². The number of benzene rings is 1. The first-order valence-corrected chi connectivity index (χ1v) is 6.47. The minimum atomic E-state index is 0.568. The fourth-order valence-corrected chi connectivity index (χ4v) is 1.75. The van der Waals surface area contributed by atoms with Gasteiger partial charge in [-0.3, -0.25) is 0 Å². The van der Waals surface area contributed by atoms with Gasteiger partial charge in [0.1, 0.15) is 0 Å². The molecule has 1 aromatic carbocycles. The fraction of sp³-hybridized carbons (Fsp3) is 0.600. The summed E-state index contributed by atoms with van der Waals surface area (Å²) in [5.41, 5.74) is 2.56. The molecule has 2 heteroatoms. The number of hydrogen-bond acceptors (Lipinski definition) is 2. The van der Waals surface area contributed by atoms with Crippen molar-refractivity contribution in [3.05, 3.63) is 35.4 Å². The van der Waals surface area contributed by atoms with Crippen LogP contribution in [0.4, 0.5) is 0 Å². The molecule has 0 saturated carbocycles. The van der Waals surface area contributed by atoms with E-state index >= 15 is 0 Å². The molecule has 2 atom stereocenters. The Hall–Kier alpha value is -0.860. The normalized spacial score (nSPS) is 14.6. The van der Waals surface area contributed by atoms with E-state index in [0.29, 0.717) is 12.6 Å². The van der Waals surface area contributed by atoms with Gasteiger partial charge in [0.25, 0.3) is 0 Å². The van der Waals surface area contributed by atoms with Gasteiger partial charge >= 0.3 is 0 Å². The molecule has 17 heavy (non-hydrogen) atoms. The highest BCUT2D eigenvalue weighted by atomic mass is 16.5. The quantitative estimate of drug-likeness (QED) is 0.782. The van der Waals surface area contributed by atoms with Crippen molar-refractivity contribution in [1.29, 1.82) is 0 Å². The standard InChI is InChI=1S/C15H25NO/c1-5-12(2)13(3)16-10-14-6-8-15(9-7-14)11-17-4/h6-9,12-13,16H,5,10-11H2,1-4H3. The maximum Gasteiger partial charge on any atom is 0.0713 e. The van der Waals surface area contributed by atoms with E-state index in [1.807, 2.05) is 0 Å². The van der Waals surface area contributed by atoms with Gasteiger partial charge in [0.15, 0.2) is 0 Å². The lowest BCUT2D eigenvalue weighted by molar-refractivity contribution is 0.185. The first kappa shape index (κ1) is 14.2. The van der Waals surface area contributed by atoms with E-state index in [-0.39, 0.29) is 0 Å². The van der Waals surface area contributed by atoms with E-state index in [1.165, 1.54) is 17.5 Å². The highest BCUT2D eigenvalue weighted by Crippen LogP contribution is 2.09. The molecule has 0 fully saturated rings. The lowest BCUT2D eigenvalue weighted by Crippen LogP contribution is -2.31. The molecular weight excluding hydrogens is 210 g/mol. The van der Waals surface area contributed by atoms with E-state index in [1.54, 1.807) is 7.11 Å². The van der Waals surface area contributed by atoms with Crippen molar-refractivity contribution in [2.24, 2.45) is 5.92 Å². The Morgan fingerprint density at radius 2 is 1.71 bits per heavy atom. The summed E-state index contributed by atoms with van der Waals surface area (Å²) < 4.78 is 5.10. The molecule has 2 nitrogen and oxygen atoms in total. The second-order valence-corrected chi connectivity index (χ2v) is 4.80. The lowest BCUT2D eigenvalue weighted by Gasteiger charge is -2.20. The van der Waals surface area contributed by atoms with Crippen LogP contribution in [0.5, 0.6) is 0 Å². The number of methoxy groups -OCH3 is 1. The molecule has 0 bridgehead atoms. The Kier molecular flexibility index (Phi) is 6.23. The Labute approximate surface area is 105 Å². The SMILES string of the molecule is CCC(C)C(C)NCc1ccc(COC)cc1. The van der Waals surface area contributed by atoms with Gasteiger partial charge in [-0.25, -0.2) is 0 Å². The number of ether oxygens (including phenoxy) is 1. The fourth-order valence-electron chi connectivity index (χ4n) is 1.75. The zero-order valence-electron chi connectivity index (χ0n) is 11.5. The van der Waals surface area contributed by atoms with Crippen molar-refractivity contribution >= 4 is 0 Å². The molecule has 2 unspecified atom stereocenters. The zero-order chi connectivity index (χ0) is 12.7. The summed E-state index contributed by atoms with van der Waals surface area (Å²) in [5.74, 6) is 0.725. The molecule has 0 saturated heterocycles. The summed E-state index contributed by atoms with van der Waals surface area (Å²) in [6.07, 6.45) is 1.22. The Balaban J connectivity index is 2.41. The predicted octanol–water partition coefficient (Wildman–Crippen LogP) is 3.36. The molecule has 0 radical (unpaired) electrons. The van der Waals surface area contributed by atoms with Crippen molar-refractivity contribution < 1.29 is 4.74 Å². The first-order chi connectivity index (χ1) is 8.17. The molecule has 1 aromatic rings. The second-order valence-electron chi connectivity index (χ2n) is 4.80. The average Bonchev–Trinajstić information content (AvgIpc) is 2.37. The van der Waals surface area contributed by atoms with Crippen molar-refractivity contribution in [2.75, 3.05) is 7.11 Å². The van der Waals surface area contributed by atoms with Crippen molar-refractivity contribution in [3.63, 3.8) is 0 Å². The molecule has 96 valence electrons. The zero-order valence-corrected chi connectivity index (χ0v) is 11.5. The minimum absolute atomic E-state index is 0.568. The number of rotatable bonds is 7. The van der Waals surface area contributed by atoms with Crippen LogP contribution in [0.15, 0.2) is 24.3 Å². The van der Waals surface area contributed by atoms with Crippen LogP contribution < -0.4 is 5.32 Å². The second kappa shape index (κ2) is 7.46. The third-order valence-corrected chi connectivity index (χ3v) is 3.46. The molecule has 1 rings (SSSR count). The Morgan fingerprint density at radius 3 is 2.24 bits per heavy atom. The van der Waals surface area contributed by atoms with E-state index < -0.39 is 0 Å². The number of hydrogen-bond donors (Lipinski definition) is 1. The number of nitrogens with one attached hydrogen (secondary N) is 1. The maximum absolute atomic E-state index is 5.10. The van der Waals surface area contributed by atoms with E-state index in [9.17, 15) is 0 Å². The first-order valence-electron chi connectivity index (χ1n) is 6.47. The molecule has 0 aromatic heterocycles. The van der Waals surface area contributed by atoms with Crippen LogP contribution >= 0.6 is 0 Å². The van der Waals surface area contributed by atoms with Gasteiger partial charge in [0, 0.05) is 19.7 Å². The highest BCUT2D eigenvalue weighted by molar-refractivity contribution is 5.21. The van der Waals surface area contributed by atoms with Crippen LogP contribution in [-0.4, -0.2) is 13.2 Å². The van der Waals surface area contributed by atoms with Crippen LogP contribution in [0.2, 0.25) is 0 Å². The van der Waals surface area contributed by atoms with Gasteiger partial charge in [-0.1, -0.05) is 44.5 Å². The molecule has 0 spiro atoms. The maximum atomic E-state index is 5.10. The lowest BCUT2D eigenvalue weighted by atomic mass is 10.0. The summed E-state index contributed by atoms with van der Waals surface area (Å²) in [4.78, 5) is 0. The highest BCUT2D eigenvalue weighted by Gasteiger charge is 2.08. The van der Waals surface area contributed by atoms with E-state index in [4.69, 9.17) is 4.74 Å². The van der Waals surface area contributed by atoms with Gasteiger partial charge in [-0.2, -0.15) is 0 Å². The largest absolute Gasteiger partial charge is 0.380 e. The summed E-state index contributed by atoms with van der Waals surface area (Å²) >= 11 is 0. The van der Waals surface area contributed by atoms with Crippen molar-refractivity contribution in [3.8, 4) is 0 Å². The van der Waals surface area contributed by atoms with Crippen LogP contribution in [0, 0.1) is 5.92 Å². The molecule has 0 amide bonds. The molecular formula is C15H25NO. The Bertz CT molecular complexity index is 307. The van der Waals surface area contributed by atoms with Gasteiger partial charge in [0.2, 0.25) is 0 Å². The molecule has 0 aliphatic carbocycles. The van der Waals surface area contributed by atoms with Crippen LogP contribution in [0.1, 0.15) is 38.3 Å². The monoisotopic (exact) mass is 235 g/mol. The molecule has 0 heterocycles. The van der Waals surface area contributed by atoms with E-state index in [2.05, 4.69) is 50.4 Å². The summed E-state index contributed by atoms with van der Waals surface area (Å²) in [5, 5.41) is 3.57. The van der Waals surface area contributed by atoms with Gasteiger partial charge < -0.3 is 10.1 Å². The van der Waals surface area contributed by atoms with Gasteiger partial charge in [-0.05, 0) is 24.0 Å². The van der Waals surface area contributed by atoms with Crippen molar-refractivity contribution in [1.82, 2.24) is 5.32 Å². The van der Waals surface area contributed by atoms with Crippen LogP contribution in [0.25, 0.3) is 0 Å². The summed E-state index contributed by atoms with van der Waals surface area (Å²) in [7, 11) is 1.73. The molecule has 0 aliphatic rings. The Morgan fingerprint density at radius 1 is 1.12 bits per heavy atom.